The van der Waals surface area contributed by atoms with Gasteiger partial charge in [-0.3, -0.25) is 14.5 Å². The zero-order valence-corrected chi connectivity index (χ0v) is 18.7. The van der Waals surface area contributed by atoms with Gasteiger partial charge in [-0.05, 0) is 43.5 Å². The van der Waals surface area contributed by atoms with Crippen LogP contribution in [0.4, 0.5) is 5.69 Å². The van der Waals surface area contributed by atoms with E-state index in [9.17, 15) is 9.59 Å². The van der Waals surface area contributed by atoms with Crippen LogP contribution in [0.25, 0.3) is 5.57 Å². The summed E-state index contributed by atoms with van der Waals surface area (Å²) in [6.45, 7) is 9.78. The number of nitrogens with zero attached hydrogens (tertiary/aromatic N) is 3. The Balaban J connectivity index is 1.62. The summed E-state index contributed by atoms with van der Waals surface area (Å²) in [5.41, 5.74) is 5.56. The lowest BCUT2D eigenvalue weighted by molar-refractivity contribution is -0.137. The molecule has 0 saturated carbocycles. The summed E-state index contributed by atoms with van der Waals surface area (Å²) in [4.78, 5) is 32.6. The predicted octanol–water partition coefficient (Wildman–Crippen LogP) is 4.01. The van der Waals surface area contributed by atoms with E-state index in [0.29, 0.717) is 17.8 Å². The Labute approximate surface area is 184 Å². The summed E-state index contributed by atoms with van der Waals surface area (Å²) in [7, 11) is 0. The van der Waals surface area contributed by atoms with E-state index >= 15 is 0 Å². The highest BCUT2D eigenvalue weighted by Gasteiger charge is 2.41. The smallest absolute Gasteiger partial charge is 0.277 e. The average molecular weight is 418 g/mol. The Morgan fingerprint density at radius 3 is 2.13 bits per heavy atom. The lowest BCUT2D eigenvalue weighted by atomic mass is 10.0. The number of carbonyl (C=O) groups is 2. The molecule has 0 aliphatic carbocycles. The molecule has 1 fully saturated rings. The van der Waals surface area contributed by atoms with Crippen LogP contribution in [0.2, 0.25) is 0 Å². The zero-order valence-electron chi connectivity index (χ0n) is 18.7. The lowest BCUT2D eigenvalue weighted by Crippen LogP contribution is -2.47. The van der Waals surface area contributed by atoms with Gasteiger partial charge in [-0.1, -0.05) is 55.3 Å². The molecule has 0 aromatic heterocycles. The number of hydrogen-bond donors (Lipinski definition) is 0. The zero-order chi connectivity index (χ0) is 22.0. The fraction of sp³-hybridized carbons (Fsp3) is 0.385. The highest BCUT2D eigenvalue weighted by Crippen LogP contribution is 2.33. The van der Waals surface area contributed by atoms with E-state index in [-0.39, 0.29) is 11.8 Å². The van der Waals surface area contributed by atoms with Gasteiger partial charge in [0.15, 0.2) is 0 Å². The van der Waals surface area contributed by atoms with Gasteiger partial charge in [0, 0.05) is 38.4 Å². The number of piperazine rings is 1. The predicted molar refractivity (Wildman–Crippen MR) is 125 cm³/mol. The number of unbranched alkanes of at least 4 members (excludes halogenated alkanes) is 1. The molecule has 0 bridgehead atoms. The van der Waals surface area contributed by atoms with Gasteiger partial charge < -0.3 is 9.80 Å². The molecule has 31 heavy (non-hydrogen) atoms. The number of hydrogen-bond acceptors (Lipinski definition) is 4. The van der Waals surface area contributed by atoms with E-state index in [1.165, 1.54) is 16.2 Å². The number of imide groups is 1. The van der Waals surface area contributed by atoms with Crippen molar-refractivity contribution in [3.63, 3.8) is 0 Å². The number of aryl methyl sites for hydroxylation is 2. The number of anilines is 1. The normalized spacial score (nSPS) is 17.2. The molecule has 4 rings (SSSR count). The van der Waals surface area contributed by atoms with Gasteiger partial charge in [-0.25, -0.2) is 0 Å². The molecule has 2 aliphatic rings. The topological polar surface area (TPSA) is 43.9 Å². The van der Waals surface area contributed by atoms with Crippen LogP contribution in [0, 0.1) is 13.8 Å². The second-order valence-electron chi connectivity index (χ2n) is 8.52. The van der Waals surface area contributed by atoms with Crippen LogP contribution in [0.15, 0.2) is 54.2 Å². The molecule has 162 valence electrons. The van der Waals surface area contributed by atoms with Crippen LogP contribution >= 0.6 is 0 Å². The first-order valence-electron chi connectivity index (χ1n) is 11.2. The lowest BCUT2D eigenvalue weighted by Gasteiger charge is -2.37. The minimum Gasteiger partial charge on any atom is -0.368 e. The standard InChI is InChI=1S/C26H31N3O2/c1-4-5-13-29-25(30)23(21-11-9-19(2)10-12-21)24(26(29)31)28-16-14-27(15-17-28)22-8-6-7-20(3)18-22/h6-12,18H,4-5,13-17H2,1-3H3. The van der Waals surface area contributed by atoms with Crippen molar-refractivity contribution in [3.8, 4) is 0 Å². The van der Waals surface area contributed by atoms with Crippen molar-refractivity contribution in [2.45, 2.75) is 33.6 Å². The van der Waals surface area contributed by atoms with Gasteiger partial charge >= 0.3 is 0 Å². The molecule has 5 nitrogen and oxygen atoms in total. The molecule has 2 aromatic carbocycles. The summed E-state index contributed by atoms with van der Waals surface area (Å²) in [6.07, 6.45) is 1.77. The highest BCUT2D eigenvalue weighted by atomic mass is 16.2. The molecule has 5 heteroatoms. The second-order valence-corrected chi connectivity index (χ2v) is 8.52. The Bertz CT molecular complexity index is 1000. The number of amides is 2. The van der Waals surface area contributed by atoms with E-state index in [2.05, 4.69) is 47.9 Å². The molecule has 1 saturated heterocycles. The maximum absolute atomic E-state index is 13.4. The highest BCUT2D eigenvalue weighted by molar-refractivity contribution is 6.35. The van der Waals surface area contributed by atoms with Gasteiger partial charge in [0.2, 0.25) is 0 Å². The molecule has 2 heterocycles. The minimum absolute atomic E-state index is 0.141. The molecule has 2 amide bonds. The molecule has 0 N–H and O–H groups in total. The molecular weight excluding hydrogens is 386 g/mol. The van der Waals surface area contributed by atoms with Crippen molar-refractivity contribution < 1.29 is 9.59 Å². The monoisotopic (exact) mass is 417 g/mol. The fourth-order valence-electron chi connectivity index (χ4n) is 4.37. The number of carbonyl (C=O) groups excluding carboxylic acids is 2. The van der Waals surface area contributed by atoms with Crippen LogP contribution in [0.1, 0.15) is 36.5 Å². The quantitative estimate of drug-likeness (QED) is 0.667. The third-order valence-electron chi connectivity index (χ3n) is 6.18. The minimum atomic E-state index is -0.154. The van der Waals surface area contributed by atoms with Crippen molar-refractivity contribution in [2.75, 3.05) is 37.6 Å². The Morgan fingerprint density at radius 2 is 1.48 bits per heavy atom. The summed E-state index contributed by atoms with van der Waals surface area (Å²) >= 11 is 0. The fourth-order valence-corrected chi connectivity index (χ4v) is 4.37. The first-order chi connectivity index (χ1) is 15.0. The number of benzene rings is 2. The second kappa shape index (κ2) is 8.96. The molecule has 2 aromatic rings. The van der Waals surface area contributed by atoms with E-state index in [1.54, 1.807) is 0 Å². The summed E-state index contributed by atoms with van der Waals surface area (Å²) in [5.74, 6) is -0.295. The van der Waals surface area contributed by atoms with Crippen molar-refractivity contribution in [2.24, 2.45) is 0 Å². The van der Waals surface area contributed by atoms with Gasteiger partial charge in [0.25, 0.3) is 11.8 Å². The van der Waals surface area contributed by atoms with Gasteiger partial charge in [0.05, 0.1) is 5.57 Å². The maximum atomic E-state index is 13.4. The number of rotatable bonds is 6. The van der Waals surface area contributed by atoms with E-state index in [0.717, 1.165) is 50.1 Å². The Morgan fingerprint density at radius 1 is 0.806 bits per heavy atom. The Kier molecular flexibility index (Phi) is 6.12. The van der Waals surface area contributed by atoms with E-state index in [4.69, 9.17) is 0 Å². The third kappa shape index (κ3) is 4.22. The maximum Gasteiger partial charge on any atom is 0.277 e. The molecule has 2 aliphatic heterocycles. The molecule has 0 spiro atoms. The third-order valence-corrected chi connectivity index (χ3v) is 6.18. The van der Waals surface area contributed by atoms with Crippen molar-refractivity contribution in [1.82, 2.24) is 9.80 Å². The van der Waals surface area contributed by atoms with Crippen LogP contribution in [-0.2, 0) is 9.59 Å². The van der Waals surface area contributed by atoms with Gasteiger partial charge in [-0.15, -0.1) is 0 Å². The Hall–Kier alpha value is -3.08. The first-order valence-corrected chi connectivity index (χ1v) is 11.2. The summed E-state index contributed by atoms with van der Waals surface area (Å²) in [5, 5.41) is 0. The van der Waals surface area contributed by atoms with Crippen LogP contribution in [0.5, 0.6) is 0 Å². The summed E-state index contributed by atoms with van der Waals surface area (Å²) < 4.78 is 0. The molecule has 0 radical (unpaired) electrons. The van der Waals surface area contributed by atoms with Gasteiger partial charge in [0.1, 0.15) is 5.70 Å². The van der Waals surface area contributed by atoms with Crippen molar-refractivity contribution in [3.05, 3.63) is 70.9 Å². The van der Waals surface area contributed by atoms with Crippen LogP contribution in [0.3, 0.4) is 0 Å². The van der Waals surface area contributed by atoms with E-state index in [1.807, 2.05) is 31.2 Å². The summed E-state index contributed by atoms with van der Waals surface area (Å²) in [6, 6.07) is 16.4. The van der Waals surface area contributed by atoms with Crippen LogP contribution < -0.4 is 4.90 Å². The average Bonchev–Trinajstić information content (AvgIpc) is 3.02. The molecule has 0 unspecified atom stereocenters. The SMILES string of the molecule is CCCCN1C(=O)C(c2ccc(C)cc2)=C(N2CCN(c3cccc(C)c3)CC2)C1=O. The van der Waals surface area contributed by atoms with Gasteiger partial charge in [-0.2, -0.15) is 0 Å². The van der Waals surface area contributed by atoms with E-state index < -0.39 is 0 Å². The van der Waals surface area contributed by atoms with Crippen molar-refractivity contribution in [1.29, 1.82) is 0 Å². The van der Waals surface area contributed by atoms with Crippen molar-refractivity contribution >= 4 is 23.1 Å². The molecular formula is C26H31N3O2. The van der Waals surface area contributed by atoms with Crippen LogP contribution in [-0.4, -0.2) is 54.3 Å². The first kappa shape index (κ1) is 21.2. The largest absolute Gasteiger partial charge is 0.368 e. The molecule has 0 atom stereocenters.